The van der Waals surface area contributed by atoms with Crippen LogP contribution in [0.5, 0.6) is 0 Å². The summed E-state index contributed by atoms with van der Waals surface area (Å²) in [6, 6.07) is 9.71. The van der Waals surface area contributed by atoms with Gasteiger partial charge in [0, 0.05) is 0 Å². The molecule has 0 bridgehead atoms. The third-order valence-corrected chi connectivity index (χ3v) is 8.48. The summed E-state index contributed by atoms with van der Waals surface area (Å²) in [6.07, 6.45) is 5.15. The maximum atomic E-state index is 6.60. The molecule has 0 N–H and O–H groups in total. The summed E-state index contributed by atoms with van der Waals surface area (Å²) in [5.74, 6) is 0. The first kappa shape index (κ1) is 13.3. The van der Waals surface area contributed by atoms with Crippen molar-refractivity contribution in [2.24, 2.45) is 0 Å². The van der Waals surface area contributed by atoms with Crippen LogP contribution in [0.25, 0.3) is 0 Å². The third kappa shape index (κ3) is 4.71. The zero-order chi connectivity index (χ0) is 11.1. The Hall–Kier alpha value is 0.207. The molecule has 0 saturated carbocycles. The van der Waals surface area contributed by atoms with Gasteiger partial charge in [0.05, 0.1) is 0 Å². The van der Waals surface area contributed by atoms with Crippen molar-refractivity contribution in [1.82, 2.24) is 0 Å². The predicted octanol–water partition coefficient (Wildman–Crippen LogP) is 4.55. The average Bonchev–Trinajstić information content (AvgIpc) is 2.26. The molecule has 1 aromatic rings. The number of hydrogen-bond acceptors (Lipinski definition) is 0. The van der Waals surface area contributed by atoms with Crippen molar-refractivity contribution in [1.29, 1.82) is 0 Å². The second-order valence-electron chi connectivity index (χ2n) is 3.88. The van der Waals surface area contributed by atoms with Crippen LogP contribution in [-0.2, 0) is 0 Å². The Labute approximate surface area is 106 Å². The molecule has 0 nitrogen and oxygen atoms in total. The van der Waals surface area contributed by atoms with Crippen molar-refractivity contribution < 1.29 is 0 Å². The molecule has 1 atom stereocenters. The van der Waals surface area contributed by atoms with Crippen LogP contribution in [0.15, 0.2) is 30.3 Å². The highest BCUT2D eigenvalue weighted by Crippen LogP contribution is 2.25. The highest BCUT2D eigenvalue weighted by atomic mass is 79.9. The van der Waals surface area contributed by atoms with Crippen LogP contribution in [0.2, 0.25) is 6.04 Å². The van der Waals surface area contributed by atoms with Crippen molar-refractivity contribution in [3.63, 3.8) is 0 Å². The van der Waals surface area contributed by atoms with Crippen molar-refractivity contribution in [2.75, 3.05) is 0 Å². The SMILES string of the molecule is CCCCCC[Si](Cl)(Br)c1ccccc1. The Bertz CT molecular complexity index is 274. The minimum Gasteiger partial charge on any atom is -0.146 e. The van der Waals surface area contributed by atoms with Crippen molar-refractivity contribution in [3.8, 4) is 0 Å². The van der Waals surface area contributed by atoms with E-state index in [1.165, 1.54) is 30.9 Å². The van der Waals surface area contributed by atoms with Gasteiger partial charge in [0.2, 0.25) is 0 Å². The first-order valence-corrected chi connectivity index (χ1v) is 11.1. The molecule has 3 heteroatoms. The van der Waals surface area contributed by atoms with E-state index in [0.29, 0.717) is 0 Å². The molecule has 15 heavy (non-hydrogen) atoms. The highest BCUT2D eigenvalue weighted by Gasteiger charge is 2.28. The number of unbranched alkanes of at least 4 members (excludes halogenated alkanes) is 3. The Morgan fingerprint density at radius 3 is 2.40 bits per heavy atom. The van der Waals surface area contributed by atoms with E-state index in [1.54, 1.807) is 0 Å². The lowest BCUT2D eigenvalue weighted by molar-refractivity contribution is 0.700. The maximum absolute atomic E-state index is 6.60. The van der Waals surface area contributed by atoms with Crippen LogP contribution in [-0.4, -0.2) is 6.00 Å². The predicted molar refractivity (Wildman–Crippen MR) is 75.6 cm³/mol. The van der Waals surface area contributed by atoms with Crippen molar-refractivity contribution in [3.05, 3.63) is 30.3 Å². The maximum Gasteiger partial charge on any atom is 0.255 e. The fraction of sp³-hybridized carbons (Fsp3) is 0.500. The molecule has 0 spiro atoms. The van der Waals surface area contributed by atoms with Crippen LogP contribution in [0.1, 0.15) is 32.6 Å². The van der Waals surface area contributed by atoms with E-state index in [1.807, 2.05) is 6.07 Å². The van der Waals surface area contributed by atoms with E-state index in [2.05, 4.69) is 46.5 Å². The van der Waals surface area contributed by atoms with Gasteiger partial charge in [-0.05, 0) is 11.2 Å². The molecule has 0 radical (unpaired) electrons. The zero-order valence-electron chi connectivity index (χ0n) is 9.18. The minimum atomic E-state index is -1.84. The van der Waals surface area contributed by atoms with Gasteiger partial charge in [0.15, 0.2) is 0 Å². The molecule has 1 unspecified atom stereocenters. The van der Waals surface area contributed by atoms with E-state index < -0.39 is 6.00 Å². The van der Waals surface area contributed by atoms with Crippen LogP contribution in [0.4, 0.5) is 0 Å². The lowest BCUT2D eigenvalue weighted by Crippen LogP contribution is -2.35. The summed E-state index contributed by atoms with van der Waals surface area (Å²) < 4.78 is 0. The van der Waals surface area contributed by atoms with Crippen LogP contribution >= 0.6 is 26.4 Å². The average molecular weight is 306 g/mol. The van der Waals surface area contributed by atoms with E-state index in [0.717, 1.165) is 6.04 Å². The second-order valence-corrected chi connectivity index (χ2v) is 13.7. The smallest absolute Gasteiger partial charge is 0.146 e. The van der Waals surface area contributed by atoms with Gasteiger partial charge in [-0.1, -0.05) is 78.2 Å². The van der Waals surface area contributed by atoms with Gasteiger partial charge in [-0.15, -0.1) is 11.1 Å². The summed E-state index contributed by atoms with van der Waals surface area (Å²) >= 11 is 10.3. The quantitative estimate of drug-likeness (QED) is 0.411. The lowest BCUT2D eigenvalue weighted by Gasteiger charge is -2.17. The van der Waals surface area contributed by atoms with Crippen LogP contribution in [0, 0.1) is 0 Å². The van der Waals surface area contributed by atoms with Gasteiger partial charge in [0.25, 0.3) is 6.00 Å². The van der Waals surface area contributed by atoms with Gasteiger partial charge in [-0.3, -0.25) is 0 Å². The first-order chi connectivity index (χ1) is 7.17. The molecule has 1 rings (SSSR count). The largest absolute Gasteiger partial charge is 0.255 e. The van der Waals surface area contributed by atoms with Crippen molar-refractivity contribution in [2.45, 2.75) is 38.7 Å². The van der Waals surface area contributed by atoms with Gasteiger partial charge < -0.3 is 0 Å². The summed E-state index contributed by atoms with van der Waals surface area (Å²) in [7, 11) is 0. The first-order valence-electron chi connectivity index (χ1n) is 5.60. The van der Waals surface area contributed by atoms with E-state index in [-0.39, 0.29) is 0 Å². The molecule has 0 amide bonds. The summed E-state index contributed by atoms with van der Waals surface area (Å²) in [5, 5.41) is 1.29. The number of hydrogen-bond donors (Lipinski definition) is 0. The van der Waals surface area contributed by atoms with Gasteiger partial charge in [-0.2, -0.15) is 0 Å². The van der Waals surface area contributed by atoms with E-state index in [4.69, 9.17) is 11.1 Å². The van der Waals surface area contributed by atoms with Crippen LogP contribution < -0.4 is 5.19 Å². The Kier molecular flexibility index (Phi) is 5.94. The molecule has 0 saturated heterocycles. The molecule has 0 aliphatic rings. The van der Waals surface area contributed by atoms with Gasteiger partial charge >= 0.3 is 0 Å². The highest BCUT2D eigenvalue weighted by molar-refractivity contribution is 9.28. The zero-order valence-corrected chi connectivity index (χ0v) is 12.5. The molecule has 0 heterocycles. The number of benzene rings is 1. The summed E-state index contributed by atoms with van der Waals surface area (Å²) in [6.45, 7) is 2.23. The van der Waals surface area contributed by atoms with Gasteiger partial charge in [0.1, 0.15) is 0 Å². The Balaban J connectivity index is 2.45. The van der Waals surface area contributed by atoms with E-state index in [9.17, 15) is 0 Å². The number of rotatable bonds is 6. The second kappa shape index (κ2) is 6.72. The minimum absolute atomic E-state index is 1.12. The third-order valence-electron chi connectivity index (χ3n) is 2.54. The topological polar surface area (TPSA) is 0 Å². The molecule has 1 aromatic carbocycles. The standard InChI is InChI=1S/C12H18BrClSi/c1-2-3-4-8-11-15(13,14)12-9-6-5-7-10-12/h5-7,9-10H,2-4,8,11H2,1H3. The fourth-order valence-electron chi connectivity index (χ4n) is 1.60. The molecule has 0 fully saturated rings. The normalized spacial score (nSPS) is 14.9. The molecular weight excluding hydrogens is 288 g/mol. The lowest BCUT2D eigenvalue weighted by atomic mass is 10.2. The molecule has 0 aromatic heterocycles. The number of halogens is 2. The van der Waals surface area contributed by atoms with Crippen molar-refractivity contribution >= 4 is 37.6 Å². The Morgan fingerprint density at radius 1 is 1.13 bits per heavy atom. The summed E-state index contributed by atoms with van der Waals surface area (Å²) in [4.78, 5) is 0. The van der Waals surface area contributed by atoms with Gasteiger partial charge in [-0.25, -0.2) is 0 Å². The molecule has 0 aliphatic carbocycles. The van der Waals surface area contributed by atoms with Crippen LogP contribution in [0.3, 0.4) is 0 Å². The Morgan fingerprint density at radius 2 is 1.80 bits per heavy atom. The molecule has 0 aliphatic heterocycles. The monoisotopic (exact) mass is 304 g/mol. The molecular formula is C12H18BrClSi. The van der Waals surface area contributed by atoms with E-state index >= 15 is 0 Å². The fourth-order valence-corrected chi connectivity index (χ4v) is 5.68. The molecule has 84 valence electrons. The summed E-state index contributed by atoms with van der Waals surface area (Å²) in [5.41, 5.74) is 0.